The fraction of sp³-hybridized carbons (Fsp3) is 0.600. The Morgan fingerprint density at radius 2 is 0.581 bits per heavy atom. The molecular weight excluding hydrogens is 473 g/mol. The van der Waals surface area contributed by atoms with Crippen LogP contribution in [-0.2, 0) is 16.8 Å². The van der Waals surface area contributed by atoms with Gasteiger partial charge in [0.25, 0.3) is 0 Å². The summed E-state index contributed by atoms with van der Waals surface area (Å²) in [6, 6.07) is -4.33. The van der Waals surface area contributed by atoms with E-state index in [1.54, 1.807) is 0 Å². The third kappa shape index (κ3) is 15.3. The number of rotatable bonds is 9. The van der Waals surface area contributed by atoms with Crippen molar-refractivity contribution < 1.29 is 60.3 Å². The van der Waals surface area contributed by atoms with E-state index in [9.17, 15) is 30.3 Å². The second kappa shape index (κ2) is 16.5. The molecule has 0 fully saturated rings. The molecule has 0 unspecified atom stereocenters. The second-order valence-electron chi connectivity index (χ2n) is 5.91. The molecule has 1 radical (unpaired) electrons. The molecular formula is C15H27CoN3O12+6. The molecule has 0 atom stereocenters. The first-order valence-electron chi connectivity index (χ1n) is 7.94. The van der Waals surface area contributed by atoms with Gasteiger partial charge in [0.1, 0.15) is 0 Å². The predicted molar refractivity (Wildman–Crippen MR) is 108 cm³/mol. The third-order valence-electron chi connectivity index (χ3n) is 3.01. The molecule has 0 spiro atoms. The van der Waals surface area contributed by atoms with E-state index < -0.39 is 67.6 Å². The zero-order valence-corrected chi connectivity index (χ0v) is 18.6. The first kappa shape index (κ1) is 35.2. The Kier molecular flexibility index (Phi) is 18.7. The molecule has 0 rings (SSSR count). The summed E-state index contributed by atoms with van der Waals surface area (Å²) in [5.74, 6) is -2.47. The van der Waals surface area contributed by atoms with Crippen LogP contribution in [0.15, 0.2) is 0 Å². The van der Waals surface area contributed by atoms with E-state index in [-0.39, 0.29) is 16.8 Å². The Labute approximate surface area is 185 Å². The van der Waals surface area contributed by atoms with Crippen molar-refractivity contribution in [2.45, 2.75) is 59.7 Å². The minimum Gasteiger partial charge on any atom is -0.275 e. The molecule has 6 N–H and O–H groups in total. The molecule has 0 heterocycles. The monoisotopic (exact) mass is 500 g/mol. The van der Waals surface area contributed by atoms with Crippen molar-refractivity contribution in [3.8, 4) is 0 Å². The van der Waals surface area contributed by atoms with E-state index in [4.69, 9.17) is 28.8 Å². The molecule has 15 nitrogen and oxygen atoms in total. The van der Waals surface area contributed by atoms with Crippen molar-refractivity contribution in [2.24, 2.45) is 0 Å². The molecule has 0 aromatic rings. The van der Waals surface area contributed by atoms with E-state index in [1.165, 1.54) is 41.5 Å². The van der Waals surface area contributed by atoms with Crippen molar-refractivity contribution in [3.05, 3.63) is 30.3 Å². The van der Waals surface area contributed by atoms with Crippen molar-refractivity contribution >= 4 is 34.7 Å². The Hall–Kier alpha value is -3.27. The molecule has 16 heteroatoms. The van der Waals surface area contributed by atoms with Crippen LogP contribution in [0.25, 0.3) is 0 Å². The van der Waals surface area contributed by atoms with Crippen molar-refractivity contribution in [1.29, 1.82) is 0 Å². The van der Waals surface area contributed by atoms with Crippen LogP contribution in [0.1, 0.15) is 41.5 Å². The van der Waals surface area contributed by atoms with Gasteiger partial charge in [-0.3, -0.25) is 59.1 Å². The summed E-state index contributed by atoms with van der Waals surface area (Å²) in [5.41, 5.74) is 0. The molecule has 0 aliphatic carbocycles. The summed E-state index contributed by atoms with van der Waals surface area (Å²) in [7, 11) is 0. The maximum Gasteiger partial charge on any atom is 0.424 e. The molecule has 0 saturated heterocycles. The summed E-state index contributed by atoms with van der Waals surface area (Å²) < 4.78 is 0. The molecule has 0 aliphatic heterocycles. The van der Waals surface area contributed by atoms with Crippen LogP contribution in [0.2, 0.25) is 0 Å². The van der Waals surface area contributed by atoms with Crippen molar-refractivity contribution in [1.82, 2.24) is 0 Å². The molecule has 0 amide bonds. The number of hydrogen-bond donors (Lipinski definition) is 0. The molecule has 0 aromatic carbocycles. The number of nitrogens with zero attached hydrogens (tertiary/aromatic N) is 3. The minimum absolute atomic E-state index is 0. The van der Waals surface area contributed by atoms with Gasteiger partial charge in [-0.15, -0.1) is 0 Å². The third-order valence-corrected chi connectivity index (χ3v) is 3.01. The Morgan fingerprint density at radius 1 is 0.484 bits per heavy atom. The van der Waals surface area contributed by atoms with Gasteiger partial charge in [0.2, 0.25) is 0 Å². The van der Waals surface area contributed by atoms with Crippen LogP contribution >= 0.6 is 0 Å². The van der Waals surface area contributed by atoms with Gasteiger partial charge in [-0.05, 0) is 0 Å². The van der Waals surface area contributed by atoms with Crippen molar-refractivity contribution in [2.75, 3.05) is 0 Å². The minimum atomic E-state index is -1.44. The van der Waals surface area contributed by atoms with Crippen LogP contribution in [0.4, 0.5) is 0 Å². The largest absolute Gasteiger partial charge is 0.424 e. The van der Waals surface area contributed by atoms with Crippen LogP contribution in [0, 0.1) is 30.3 Å². The standard InChI is InChI=1S/3C5H7NO4.Co/c3*1-3(7)5(4(2)8)6(9)10;/h3*5H,1-2H3;/p+6. The molecule has 31 heavy (non-hydrogen) atoms. The van der Waals surface area contributed by atoms with Gasteiger partial charge < -0.3 is 0 Å². The van der Waals surface area contributed by atoms with Gasteiger partial charge in [0, 0.05) is 16.8 Å². The first-order valence-corrected chi connectivity index (χ1v) is 7.94. The molecule has 0 saturated carbocycles. The Balaban J connectivity index is -0.000000174. The zero-order chi connectivity index (χ0) is 24.9. The van der Waals surface area contributed by atoms with Gasteiger partial charge in [0.15, 0.2) is 0 Å². The molecule has 177 valence electrons. The van der Waals surface area contributed by atoms with Crippen LogP contribution in [-0.4, -0.2) is 96.4 Å². The van der Waals surface area contributed by atoms with E-state index in [2.05, 4.69) is 0 Å². The normalized spacial score (nSPS) is 11.8. The van der Waals surface area contributed by atoms with Crippen LogP contribution in [0.3, 0.4) is 0 Å². The van der Waals surface area contributed by atoms with Crippen molar-refractivity contribution in [3.63, 3.8) is 0 Å². The summed E-state index contributed by atoms with van der Waals surface area (Å²) in [6.45, 7) is 7.04. The average Bonchev–Trinajstić information content (AvgIpc) is 2.43. The Bertz CT molecular complexity index is 565. The van der Waals surface area contributed by atoms with Crippen LogP contribution < -0.4 is 0 Å². The first-order chi connectivity index (χ1) is 13.4. The van der Waals surface area contributed by atoms with E-state index in [0.29, 0.717) is 0 Å². The summed E-state index contributed by atoms with van der Waals surface area (Å²) in [5, 5.41) is 30.1. The zero-order valence-electron chi connectivity index (χ0n) is 17.5. The second-order valence-corrected chi connectivity index (χ2v) is 5.91. The van der Waals surface area contributed by atoms with Gasteiger partial charge in [-0.1, -0.05) is 0 Å². The molecule has 0 aliphatic rings. The summed E-state index contributed by atoms with van der Waals surface area (Å²) in [4.78, 5) is 79.7. The van der Waals surface area contributed by atoms with Gasteiger partial charge in [-0.2, -0.15) is 0 Å². The van der Waals surface area contributed by atoms with Gasteiger partial charge in [-0.25, -0.2) is 0 Å². The summed E-state index contributed by atoms with van der Waals surface area (Å²) >= 11 is 0. The fourth-order valence-corrected chi connectivity index (χ4v) is 1.82. The molecule has 0 aromatic heterocycles. The quantitative estimate of drug-likeness (QED) is 0.170. The average molecular weight is 500 g/mol. The van der Waals surface area contributed by atoms with E-state index in [0.717, 1.165) is 0 Å². The van der Waals surface area contributed by atoms with Crippen LogP contribution in [0.5, 0.6) is 0 Å². The van der Waals surface area contributed by atoms with Gasteiger partial charge in [0.05, 0.1) is 56.3 Å². The fourth-order valence-electron chi connectivity index (χ4n) is 1.82. The number of carbonyl (C=O) groups excluding carboxylic acids is 6. The SMILES string of the molecule is CC(=[OH+])C(C(C)=[OH+])[N+](=O)[O-].CC(=[OH+])C(C(C)=[OH+])[N+](=O)[O-].CC(=[OH+])C(C(C)=[OH+])[N+](=O)[O-].[Co]. The topological polar surface area (TPSA) is 258 Å². The van der Waals surface area contributed by atoms with Gasteiger partial charge >= 0.3 is 52.8 Å². The number of hydrogen-bond acceptors (Lipinski definition) is 6. The molecule has 0 bridgehead atoms. The predicted octanol–water partition coefficient (Wildman–Crippen LogP) is -0.719. The maximum absolute atomic E-state index is 10.0. The summed E-state index contributed by atoms with van der Waals surface area (Å²) in [6.07, 6.45) is 0. The smallest absolute Gasteiger partial charge is 0.275 e. The maximum atomic E-state index is 10.0. The number of nitro groups is 3. The Morgan fingerprint density at radius 3 is 0.581 bits per heavy atom. The van der Waals surface area contributed by atoms with E-state index in [1.807, 2.05) is 0 Å². The number of ketones is 6. The van der Waals surface area contributed by atoms with E-state index >= 15 is 0 Å².